The normalized spacial score (nSPS) is 12.7. The third kappa shape index (κ3) is 4.81. The fraction of sp³-hybridized carbons (Fsp3) is 0.278. The second-order valence-electron chi connectivity index (χ2n) is 6.22. The van der Waals surface area contributed by atoms with Gasteiger partial charge in [0.15, 0.2) is 0 Å². The molecule has 2 rings (SSSR count). The molecule has 0 heterocycles. The molecule has 22 heavy (non-hydrogen) atoms. The number of carbonyl (C=O) groups excluding carboxylic acids is 1. The molecular weight excluding hydrogens is 292 g/mol. The van der Waals surface area contributed by atoms with Crippen molar-refractivity contribution in [2.75, 3.05) is 5.73 Å². The summed E-state index contributed by atoms with van der Waals surface area (Å²) in [6.45, 7) is 5.96. The number of rotatable bonds is 4. The lowest BCUT2D eigenvalue weighted by atomic mass is 10.1. The number of thioether (sulfide) groups is 1. The van der Waals surface area contributed by atoms with Crippen LogP contribution < -0.4 is 11.1 Å². The highest BCUT2D eigenvalue weighted by atomic mass is 32.2. The maximum Gasteiger partial charge on any atom is 0.238 e. The average Bonchev–Trinajstić information content (AvgIpc) is 2.45. The molecule has 2 aromatic carbocycles. The van der Waals surface area contributed by atoms with Crippen molar-refractivity contribution in [2.24, 2.45) is 0 Å². The largest absolute Gasteiger partial charge is 0.399 e. The second kappa shape index (κ2) is 6.88. The van der Waals surface area contributed by atoms with Gasteiger partial charge in [-0.25, -0.2) is 0 Å². The molecule has 4 heteroatoms. The van der Waals surface area contributed by atoms with Crippen molar-refractivity contribution in [1.29, 1.82) is 0 Å². The average molecular weight is 314 g/mol. The van der Waals surface area contributed by atoms with E-state index in [9.17, 15) is 4.79 Å². The lowest BCUT2D eigenvalue weighted by Crippen LogP contribution is -2.42. The molecule has 0 bridgehead atoms. The number of hydrogen-bond acceptors (Lipinski definition) is 3. The quantitative estimate of drug-likeness (QED) is 0.662. The molecule has 0 saturated carbocycles. The molecule has 1 unspecified atom stereocenters. The van der Waals surface area contributed by atoms with Crippen LogP contribution in [0.3, 0.4) is 0 Å². The van der Waals surface area contributed by atoms with Crippen molar-refractivity contribution in [3.05, 3.63) is 60.2 Å². The van der Waals surface area contributed by atoms with Gasteiger partial charge in [-0.1, -0.05) is 30.3 Å². The van der Waals surface area contributed by atoms with E-state index in [1.807, 2.05) is 75.4 Å². The maximum absolute atomic E-state index is 12.7. The molecule has 1 amide bonds. The predicted molar refractivity (Wildman–Crippen MR) is 93.8 cm³/mol. The van der Waals surface area contributed by atoms with Crippen LogP contribution in [-0.4, -0.2) is 11.4 Å². The van der Waals surface area contributed by atoms with Gasteiger partial charge in [-0.3, -0.25) is 4.79 Å². The summed E-state index contributed by atoms with van der Waals surface area (Å²) in [6, 6.07) is 17.4. The Morgan fingerprint density at radius 3 is 2.18 bits per heavy atom. The van der Waals surface area contributed by atoms with Gasteiger partial charge in [0.1, 0.15) is 5.25 Å². The van der Waals surface area contributed by atoms with Crippen LogP contribution in [0.2, 0.25) is 0 Å². The third-order valence-corrected chi connectivity index (χ3v) is 4.24. The SMILES string of the molecule is CC(C)(C)NC(=O)C(Sc1ccc(N)cc1)c1ccccc1. The molecule has 2 aromatic rings. The van der Waals surface area contributed by atoms with Crippen molar-refractivity contribution in [2.45, 2.75) is 36.5 Å². The van der Waals surface area contributed by atoms with E-state index in [-0.39, 0.29) is 16.7 Å². The zero-order valence-electron chi connectivity index (χ0n) is 13.2. The van der Waals surface area contributed by atoms with Crippen molar-refractivity contribution >= 4 is 23.4 Å². The molecule has 0 fully saturated rings. The Labute approximate surface area is 136 Å². The fourth-order valence-electron chi connectivity index (χ4n) is 2.02. The highest BCUT2D eigenvalue weighted by Crippen LogP contribution is 2.36. The van der Waals surface area contributed by atoms with E-state index >= 15 is 0 Å². The van der Waals surface area contributed by atoms with Crippen molar-refractivity contribution in [3.63, 3.8) is 0 Å². The van der Waals surface area contributed by atoms with E-state index in [1.165, 1.54) is 11.8 Å². The van der Waals surface area contributed by atoms with Gasteiger partial charge in [-0.05, 0) is 50.6 Å². The summed E-state index contributed by atoms with van der Waals surface area (Å²) < 4.78 is 0. The number of amides is 1. The minimum Gasteiger partial charge on any atom is -0.399 e. The van der Waals surface area contributed by atoms with Crippen LogP contribution >= 0.6 is 11.8 Å². The molecule has 0 saturated heterocycles. The van der Waals surface area contributed by atoms with Crippen LogP contribution in [0.4, 0.5) is 5.69 Å². The van der Waals surface area contributed by atoms with Crippen LogP contribution in [0.25, 0.3) is 0 Å². The molecule has 3 N–H and O–H groups in total. The number of nitrogens with one attached hydrogen (secondary N) is 1. The van der Waals surface area contributed by atoms with Gasteiger partial charge < -0.3 is 11.1 Å². The summed E-state index contributed by atoms with van der Waals surface area (Å²) in [5.41, 5.74) is 7.18. The smallest absolute Gasteiger partial charge is 0.238 e. The Balaban J connectivity index is 2.25. The van der Waals surface area contributed by atoms with Crippen LogP contribution in [0.1, 0.15) is 31.6 Å². The molecule has 0 aliphatic carbocycles. The number of anilines is 1. The Hall–Kier alpha value is -1.94. The van der Waals surface area contributed by atoms with Crippen molar-refractivity contribution in [1.82, 2.24) is 5.32 Å². The molecule has 0 aliphatic heterocycles. The van der Waals surface area contributed by atoms with Crippen LogP contribution in [-0.2, 0) is 4.79 Å². The van der Waals surface area contributed by atoms with E-state index < -0.39 is 0 Å². The lowest BCUT2D eigenvalue weighted by molar-refractivity contribution is -0.122. The van der Waals surface area contributed by atoms with Gasteiger partial charge in [0.05, 0.1) is 0 Å². The Morgan fingerprint density at radius 1 is 1.05 bits per heavy atom. The summed E-state index contributed by atoms with van der Waals surface area (Å²) in [6.07, 6.45) is 0. The third-order valence-electron chi connectivity index (χ3n) is 2.97. The molecule has 116 valence electrons. The van der Waals surface area contributed by atoms with E-state index in [4.69, 9.17) is 5.73 Å². The molecule has 1 atom stereocenters. The van der Waals surface area contributed by atoms with Gasteiger partial charge in [-0.2, -0.15) is 0 Å². The van der Waals surface area contributed by atoms with Crippen LogP contribution in [0, 0.1) is 0 Å². The first-order valence-electron chi connectivity index (χ1n) is 7.24. The summed E-state index contributed by atoms with van der Waals surface area (Å²) in [7, 11) is 0. The van der Waals surface area contributed by atoms with Crippen molar-refractivity contribution < 1.29 is 4.79 Å². The first kappa shape index (κ1) is 16.4. The number of benzene rings is 2. The van der Waals surface area contributed by atoms with Crippen LogP contribution in [0.15, 0.2) is 59.5 Å². The van der Waals surface area contributed by atoms with Gasteiger partial charge >= 0.3 is 0 Å². The molecule has 0 radical (unpaired) electrons. The maximum atomic E-state index is 12.7. The Morgan fingerprint density at radius 2 is 1.64 bits per heavy atom. The van der Waals surface area contributed by atoms with E-state index in [2.05, 4.69) is 5.32 Å². The molecular formula is C18H22N2OS. The second-order valence-corrected chi connectivity index (χ2v) is 7.40. The molecule has 0 aliphatic rings. The first-order valence-corrected chi connectivity index (χ1v) is 8.12. The van der Waals surface area contributed by atoms with Crippen LogP contribution in [0.5, 0.6) is 0 Å². The highest BCUT2D eigenvalue weighted by molar-refractivity contribution is 8.00. The fourth-order valence-corrected chi connectivity index (χ4v) is 3.04. The number of hydrogen-bond donors (Lipinski definition) is 2. The van der Waals surface area contributed by atoms with Crippen molar-refractivity contribution in [3.8, 4) is 0 Å². The molecule has 3 nitrogen and oxygen atoms in total. The Bertz CT molecular complexity index is 618. The lowest BCUT2D eigenvalue weighted by Gasteiger charge is -2.25. The van der Waals surface area contributed by atoms with Gasteiger partial charge in [-0.15, -0.1) is 11.8 Å². The standard InChI is InChI=1S/C18H22N2OS/c1-18(2,3)20-17(21)16(13-7-5-4-6-8-13)22-15-11-9-14(19)10-12-15/h4-12,16H,19H2,1-3H3,(H,20,21). The number of carbonyl (C=O) groups is 1. The minimum atomic E-state index is -0.288. The topological polar surface area (TPSA) is 55.1 Å². The summed E-state index contributed by atoms with van der Waals surface area (Å²) in [5, 5.41) is 2.78. The van der Waals surface area contributed by atoms with Gasteiger partial charge in [0.2, 0.25) is 5.91 Å². The summed E-state index contributed by atoms with van der Waals surface area (Å²) in [4.78, 5) is 13.7. The van der Waals surface area contributed by atoms with E-state index in [1.54, 1.807) is 0 Å². The minimum absolute atomic E-state index is 0.0144. The predicted octanol–water partition coefficient (Wildman–Crippen LogP) is 4.02. The van der Waals surface area contributed by atoms with Gasteiger partial charge in [0, 0.05) is 16.1 Å². The zero-order valence-corrected chi connectivity index (χ0v) is 14.0. The number of nitrogen functional groups attached to an aromatic ring is 1. The summed E-state index contributed by atoms with van der Waals surface area (Å²) >= 11 is 1.53. The van der Waals surface area contributed by atoms with Gasteiger partial charge in [0.25, 0.3) is 0 Å². The number of nitrogens with two attached hydrogens (primary N) is 1. The monoisotopic (exact) mass is 314 g/mol. The Kier molecular flexibility index (Phi) is 5.14. The summed E-state index contributed by atoms with van der Waals surface area (Å²) in [5.74, 6) is 0.0144. The van der Waals surface area contributed by atoms with E-state index in [0.29, 0.717) is 0 Å². The zero-order chi connectivity index (χ0) is 16.2. The van der Waals surface area contributed by atoms with E-state index in [0.717, 1.165) is 16.1 Å². The molecule has 0 spiro atoms. The molecule has 0 aromatic heterocycles. The highest BCUT2D eigenvalue weighted by Gasteiger charge is 2.25. The first-order chi connectivity index (χ1) is 10.3.